The van der Waals surface area contributed by atoms with E-state index in [-0.39, 0.29) is 0 Å². The van der Waals surface area contributed by atoms with Crippen LogP contribution in [0.2, 0.25) is 0 Å². The molecule has 2 aliphatic heterocycles. The van der Waals surface area contributed by atoms with Gasteiger partial charge in [-0.25, -0.2) is 8.42 Å². The van der Waals surface area contributed by atoms with E-state index in [0.29, 0.717) is 10.6 Å². The van der Waals surface area contributed by atoms with Crippen LogP contribution in [0.3, 0.4) is 0 Å². The Labute approximate surface area is 155 Å². The third kappa shape index (κ3) is 3.51. The van der Waals surface area contributed by atoms with Gasteiger partial charge in [0, 0.05) is 31.9 Å². The number of nitrogens with one attached hydrogen (secondary N) is 1. The molecule has 5 nitrogen and oxygen atoms in total. The Hall–Kier alpha value is -2.21. The molecule has 26 heavy (non-hydrogen) atoms. The van der Waals surface area contributed by atoms with Gasteiger partial charge in [-0.3, -0.25) is 4.72 Å². The zero-order chi connectivity index (χ0) is 18.0. The van der Waals surface area contributed by atoms with E-state index in [2.05, 4.69) is 26.7 Å². The number of benzene rings is 2. The fraction of sp³-hybridized carbons (Fsp3) is 0.400. The zero-order valence-electron chi connectivity index (χ0n) is 14.9. The number of rotatable bonds is 5. The lowest BCUT2D eigenvalue weighted by atomic mass is 10.2. The van der Waals surface area contributed by atoms with Crippen LogP contribution in [-0.4, -0.2) is 34.6 Å². The van der Waals surface area contributed by atoms with Gasteiger partial charge in [-0.05, 0) is 56.0 Å². The van der Waals surface area contributed by atoms with E-state index in [1.807, 2.05) is 12.1 Å². The Balaban J connectivity index is 1.70. The van der Waals surface area contributed by atoms with Crippen LogP contribution in [0.1, 0.15) is 25.7 Å². The van der Waals surface area contributed by atoms with Crippen molar-refractivity contribution in [2.45, 2.75) is 30.6 Å². The van der Waals surface area contributed by atoms with Crippen LogP contribution in [-0.2, 0) is 10.0 Å². The molecule has 0 atom stereocenters. The van der Waals surface area contributed by atoms with Crippen LogP contribution in [0, 0.1) is 0 Å². The third-order valence-corrected chi connectivity index (χ3v) is 6.58. The summed E-state index contributed by atoms with van der Waals surface area (Å²) in [6.45, 7) is 4.02. The first-order chi connectivity index (χ1) is 12.6. The summed E-state index contributed by atoms with van der Waals surface area (Å²) < 4.78 is 28.6. The second kappa shape index (κ2) is 7.19. The van der Waals surface area contributed by atoms with Crippen molar-refractivity contribution < 1.29 is 8.42 Å². The molecule has 2 aromatic rings. The average Bonchev–Trinajstić information content (AvgIpc) is 3.36. The Morgan fingerprint density at radius 1 is 0.769 bits per heavy atom. The molecule has 2 fully saturated rings. The van der Waals surface area contributed by atoms with Crippen molar-refractivity contribution in [3.05, 3.63) is 48.5 Å². The number of sulfonamides is 1. The summed E-state index contributed by atoms with van der Waals surface area (Å²) >= 11 is 0. The van der Waals surface area contributed by atoms with Gasteiger partial charge in [0.15, 0.2) is 0 Å². The molecule has 0 bridgehead atoms. The molecule has 0 aliphatic carbocycles. The Morgan fingerprint density at radius 2 is 1.38 bits per heavy atom. The first kappa shape index (κ1) is 17.2. The van der Waals surface area contributed by atoms with Crippen LogP contribution < -0.4 is 14.5 Å². The fourth-order valence-electron chi connectivity index (χ4n) is 3.81. The van der Waals surface area contributed by atoms with Gasteiger partial charge in [-0.2, -0.15) is 0 Å². The maximum Gasteiger partial charge on any atom is 0.261 e. The number of nitrogens with zero attached hydrogens (tertiary/aromatic N) is 2. The van der Waals surface area contributed by atoms with Crippen molar-refractivity contribution in [1.29, 1.82) is 0 Å². The van der Waals surface area contributed by atoms with Crippen molar-refractivity contribution in [2.75, 3.05) is 40.7 Å². The lowest BCUT2D eigenvalue weighted by molar-refractivity contribution is 0.601. The fourth-order valence-corrected chi connectivity index (χ4v) is 4.90. The third-order valence-electron chi connectivity index (χ3n) is 5.20. The highest BCUT2D eigenvalue weighted by molar-refractivity contribution is 7.92. The minimum Gasteiger partial charge on any atom is -0.371 e. The van der Waals surface area contributed by atoms with Crippen LogP contribution in [0.5, 0.6) is 0 Å². The lowest BCUT2D eigenvalue weighted by Gasteiger charge is -2.25. The molecule has 2 aliphatic rings. The van der Waals surface area contributed by atoms with Crippen molar-refractivity contribution in [2.24, 2.45) is 0 Å². The first-order valence-corrected chi connectivity index (χ1v) is 10.8. The summed E-state index contributed by atoms with van der Waals surface area (Å²) in [6.07, 6.45) is 4.69. The molecular formula is C20H25N3O2S. The molecule has 0 amide bonds. The van der Waals surface area contributed by atoms with Gasteiger partial charge in [0.2, 0.25) is 0 Å². The Kier molecular flexibility index (Phi) is 4.76. The molecule has 2 saturated heterocycles. The van der Waals surface area contributed by atoms with E-state index in [1.165, 1.54) is 12.8 Å². The molecule has 0 unspecified atom stereocenters. The topological polar surface area (TPSA) is 52.7 Å². The molecule has 6 heteroatoms. The summed E-state index contributed by atoms with van der Waals surface area (Å²) in [4.78, 5) is 4.89. The Bertz CT molecular complexity index is 856. The monoisotopic (exact) mass is 371 g/mol. The normalized spacial score (nSPS) is 17.7. The highest BCUT2D eigenvalue weighted by Crippen LogP contribution is 2.35. The van der Waals surface area contributed by atoms with Crippen LogP contribution in [0.4, 0.5) is 17.1 Å². The van der Waals surface area contributed by atoms with Gasteiger partial charge in [0.05, 0.1) is 16.3 Å². The highest BCUT2D eigenvalue weighted by atomic mass is 32.2. The maximum atomic E-state index is 12.9. The molecule has 4 rings (SSSR count). The molecule has 1 N–H and O–H groups in total. The molecule has 0 spiro atoms. The predicted molar refractivity (Wildman–Crippen MR) is 107 cm³/mol. The van der Waals surface area contributed by atoms with Crippen molar-refractivity contribution in [3.63, 3.8) is 0 Å². The molecule has 0 aromatic heterocycles. The summed E-state index contributed by atoms with van der Waals surface area (Å²) in [5.74, 6) is 0. The number of anilines is 3. The summed E-state index contributed by atoms with van der Waals surface area (Å²) in [7, 11) is -3.60. The van der Waals surface area contributed by atoms with Gasteiger partial charge < -0.3 is 9.80 Å². The van der Waals surface area contributed by atoms with E-state index >= 15 is 0 Å². The SMILES string of the molecule is O=S(=O)(Nc1cc(N2CCCC2)ccc1N1CCCC1)c1ccccc1. The highest BCUT2D eigenvalue weighted by Gasteiger charge is 2.22. The Morgan fingerprint density at radius 3 is 2.04 bits per heavy atom. The van der Waals surface area contributed by atoms with Gasteiger partial charge >= 0.3 is 0 Å². The maximum absolute atomic E-state index is 12.9. The quantitative estimate of drug-likeness (QED) is 0.871. The summed E-state index contributed by atoms with van der Waals surface area (Å²) in [5.41, 5.74) is 2.75. The van der Waals surface area contributed by atoms with Crippen molar-refractivity contribution in [3.8, 4) is 0 Å². The minimum atomic E-state index is -3.60. The largest absolute Gasteiger partial charge is 0.371 e. The van der Waals surface area contributed by atoms with Crippen molar-refractivity contribution >= 4 is 27.1 Å². The molecule has 138 valence electrons. The second-order valence-corrected chi connectivity index (χ2v) is 8.69. The predicted octanol–water partition coefficient (Wildman–Crippen LogP) is 3.69. The van der Waals surface area contributed by atoms with Gasteiger partial charge in [0.1, 0.15) is 0 Å². The second-order valence-electron chi connectivity index (χ2n) is 7.01. The van der Waals surface area contributed by atoms with Crippen LogP contribution >= 0.6 is 0 Å². The van der Waals surface area contributed by atoms with E-state index in [0.717, 1.165) is 50.4 Å². The summed E-state index contributed by atoms with van der Waals surface area (Å²) in [5, 5.41) is 0. The van der Waals surface area contributed by atoms with Gasteiger partial charge in [0.25, 0.3) is 10.0 Å². The lowest BCUT2D eigenvalue weighted by Crippen LogP contribution is -2.23. The average molecular weight is 372 g/mol. The number of hydrogen-bond donors (Lipinski definition) is 1. The minimum absolute atomic E-state index is 0.291. The smallest absolute Gasteiger partial charge is 0.261 e. The molecular weight excluding hydrogens is 346 g/mol. The summed E-state index contributed by atoms with van der Waals surface area (Å²) in [6, 6.07) is 14.8. The molecule has 2 heterocycles. The van der Waals surface area contributed by atoms with Gasteiger partial charge in [-0.15, -0.1) is 0 Å². The van der Waals surface area contributed by atoms with E-state index < -0.39 is 10.0 Å². The molecule has 0 radical (unpaired) electrons. The molecule has 0 saturated carbocycles. The van der Waals surface area contributed by atoms with E-state index in [1.54, 1.807) is 24.3 Å². The van der Waals surface area contributed by atoms with Crippen LogP contribution in [0.15, 0.2) is 53.4 Å². The first-order valence-electron chi connectivity index (χ1n) is 9.35. The van der Waals surface area contributed by atoms with Crippen molar-refractivity contribution in [1.82, 2.24) is 0 Å². The number of hydrogen-bond acceptors (Lipinski definition) is 4. The van der Waals surface area contributed by atoms with E-state index in [9.17, 15) is 8.42 Å². The standard InChI is InChI=1S/C20H25N3O2S/c24-26(25,18-8-2-1-3-9-18)21-19-16-17(22-12-4-5-13-22)10-11-20(19)23-14-6-7-15-23/h1-3,8-11,16,21H,4-7,12-15H2. The zero-order valence-corrected chi connectivity index (χ0v) is 15.7. The van der Waals surface area contributed by atoms with Crippen LogP contribution in [0.25, 0.3) is 0 Å². The molecule has 2 aromatic carbocycles. The van der Waals surface area contributed by atoms with Gasteiger partial charge in [-0.1, -0.05) is 18.2 Å². The van der Waals surface area contributed by atoms with E-state index in [4.69, 9.17) is 0 Å².